The molecule has 1 saturated heterocycles. The molecule has 4 rings (SSSR count). The summed E-state index contributed by atoms with van der Waals surface area (Å²) in [6, 6.07) is 6.74. The standard InChI is InChI=1S/C21H21ClFN3O5S/c1-12-9-17-18(31-13(2)20(27)24-17)11-19(12)32(29,30)26-7-5-25(6-8-26)21(28)14-3-4-16(23)15(22)10-14/h3-4,9-11,13H,5-8H2,1-2H3,(H,24,27). The maximum Gasteiger partial charge on any atom is 0.265 e. The second-order valence-corrected chi connectivity index (χ2v) is 10.0. The summed E-state index contributed by atoms with van der Waals surface area (Å²) in [5, 5.41) is 2.55. The minimum absolute atomic E-state index is 0.0877. The Morgan fingerprint density at radius 2 is 1.88 bits per heavy atom. The summed E-state index contributed by atoms with van der Waals surface area (Å²) in [4.78, 5) is 26.1. The van der Waals surface area contributed by atoms with Gasteiger partial charge >= 0.3 is 0 Å². The fourth-order valence-electron chi connectivity index (χ4n) is 3.70. The topological polar surface area (TPSA) is 96.0 Å². The number of nitrogens with one attached hydrogen (secondary N) is 1. The molecule has 0 aromatic heterocycles. The zero-order valence-electron chi connectivity index (χ0n) is 17.4. The molecule has 1 atom stereocenters. The van der Waals surface area contributed by atoms with Gasteiger partial charge in [0, 0.05) is 37.8 Å². The normalized spacial score (nSPS) is 19.2. The van der Waals surface area contributed by atoms with E-state index in [-0.39, 0.29) is 53.5 Å². The maximum atomic E-state index is 13.4. The van der Waals surface area contributed by atoms with Crippen molar-refractivity contribution in [3.05, 3.63) is 52.3 Å². The fraction of sp³-hybridized carbons (Fsp3) is 0.333. The third kappa shape index (κ3) is 4.05. The molecule has 2 amide bonds. The van der Waals surface area contributed by atoms with Gasteiger partial charge in [0.05, 0.1) is 15.6 Å². The molecule has 0 radical (unpaired) electrons. The van der Waals surface area contributed by atoms with Crippen LogP contribution in [0, 0.1) is 12.7 Å². The second-order valence-electron chi connectivity index (χ2n) is 7.69. The molecule has 2 aromatic carbocycles. The molecule has 1 unspecified atom stereocenters. The average molecular weight is 482 g/mol. The van der Waals surface area contributed by atoms with Gasteiger partial charge in [0.1, 0.15) is 11.6 Å². The lowest BCUT2D eigenvalue weighted by molar-refractivity contribution is -0.122. The number of rotatable bonds is 3. The predicted octanol–water partition coefficient (Wildman–Crippen LogP) is 2.65. The monoisotopic (exact) mass is 481 g/mol. The lowest BCUT2D eigenvalue weighted by atomic mass is 10.1. The van der Waals surface area contributed by atoms with Gasteiger partial charge < -0.3 is 15.0 Å². The first kappa shape index (κ1) is 22.5. The van der Waals surface area contributed by atoms with E-state index >= 15 is 0 Å². The fourth-order valence-corrected chi connectivity index (χ4v) is 5.53. The highest BCUT2D eigenvalue weighted by Crippen LogP contribution is 2.35. The van der Waals surface area contributed by atoms with Crippen molar-refractivity contribution >= 4 is 39.1 Å². The quantitative estimate of drug-likeness (QED) is 0.727. The number of hydrogen-bond acceptors (Lipinski definition) is 5. The SMILES string of the molecule is Cc1cc2c(cc1S(=O)(=O)N1CCN(C(=O)c3ccc(F)c(Cl)c3)CC1)OC(C)C(=O)N2. The zero-order chi connectivity index (χ0) is 23.2. The molecule has 2 heterocycles. The molecule has 0 spiro atoms. The van der Waals surface area contributed by atoms with Crippen molar-refractivity contribution in [2.45, 2.75) is 24.8 Å². The van der Waals surface area contributed by atoms with E-state index in [1.165, 1.54) is 27.4 Å². The molecule has 2 aliphatic rings. The highest BCUT2D eigenvalue weighted by molar-refractivity contribution is 7.89. The Morgan fingerprint density at radius 3 is 2.53 bits per heavy atom. The summed E-state index contributed by atoms with van der Waals surface area (Å²) >= 11 is 5.76. The highest BCUT2D eigenvalue weighted by atomic mass is 35.5. The zero-order valence-corrected chi connectivity index (χ0v) is 19.0. The number of piperazine rings is 1. The highest BCUT2D eigenvalue weighted by Gasteiger charge is 2.33. The number of nitrogens with zero attached hydrogens (tertiary/aromatic N) is 2. The van der Waals surface area contributed by atoms with Crippen LogP contribution in [0.15, 0.2) is 35.2 Å². The molecular weight excluding hydrogens is 461 g/mol. The molecule has 0 aliphatic carbocycles. The number of carbonyl (C=O) groups is 2. The van der Waals surface area contributed by atoms with Crippen molar-refractivity contribution in [3.63, 3.8) is 0 Å². The van der Waals surface area contributed by atoms with Crippen molar-refractivity contribution in [3.8, 4) is 5.75 Å². The average Bonchev–Trinajstić information content (AvgIpc) is 2.76. The van der Waals surface area contributed by atoms with E-state index < -0.39 is 21.9 Å². The van der Waals surface area contributed by atoms with Crippen molar-refractivity contribution in [2.75, 3.05) is 31.5 Å². The van der Waals surface area contributed by atoms with Crippen LogP contribution in [0.1, 0.15) is 22.8 Å². The molecular formula is C21H21ClFN3O5S. The lowest BCUT2D eigenvalue weighted by Crippen LogP contribution is -2.50. The largest absolute Gasteiger partial charge is 0.479 e. The molecule has 1 fully saturated rings. The van der Waals surface area contributed by atoms with Crippen LogP contribution in [-0.4, -0.2) is 61.7 Å². The third-order valence-corrected chi connectivity index (χ3v) is 7.85. The lowest BCUT2D eigenvalue weighted by Gasteiger charge is -2.34. The van der Waals surface area contributed by atoms with Crippen LogP contribution in [-0.2, 0) is 14.8 Å². The van der Waals surface area contributed by atoms with Gasteiger partial charge in [-0.2, -0.15) is 4.31 Å². The summed E-state index contributed by atoms with van der Waals surface area (Å²) in [5.41, 5.74) is 1.14. The number of hydrogen-bond donors (Lipinski definition) is 1. The van der Waals surface area contributed by atoms with Gasteiger partial charge in [0.2, 0.25) is 10.0 Å². The molecule has 11 heteroatoms. The number of amides is 2. The Hall–Kier alpha value is -2.69. The number of benzene rings is 2. The van der Waals surface area contributed by atoms with Crippen molar-refractivity contribution in [1.29, 1.82) is 0 Å². The molecule has 32 heavy (non-hydrogen) atoms. The Kier molecular flexibility index (Phi) is 5.87. The van der Waals surface area contributed by atoms with Crippen LogP contribution in [0.3, 0.4) is 0 Å². The van der Waals surface area contributed by atoms with Crippen LogP contribution >= 0.6 is 11.6 Å². The first-order chi connectivity index (χ1) is 15.1. The maximum absolute atomic E-state index is 13.4. The molecule has 8 nitrogen and oxygen atoms in total. The molecule has 1 N–H and O–H groups in total. The van der Waals surface area contributed by atoms with E-state index in [9.17, 15) is 22.4 Å². The molecule has 0 bridgehead atoms. The van der Waals surface area contributed by atoms with Crippen molar-refractivity contribution in [1.82, 2.24) is 9.21 Å². The summed E-state index contributed by atoms with van der Waals surface area (Å²) in [6.45, 7) is 3.80. The first-order valence-corrected chi connectivity index (χ1v) is 11.8. The molecule has 0 saturated carbocycles. The molecule has 2 aromatic rings. The summed E-state index contributed by atoms with van der Waals surface area (Å²) in [5.74, 6) is -0.955. The molecule has 2 aliphatic heterocycles. The van der Waals surface area contributed by atoms with Gasteiger partial charge in [-0.25, -0.2) is 12.8 Å². The van der Waals surface area contributed by atoms with E-state index in [0.717, 1.165) is 6.07 Å². The van der Waals surface area contributed by atoms with E-state index in [1.807, 2.05) is 0 Å². The summed E-state index contributed by atoms with van der Waals surface area (Å²) < 4.78 is 46.8. The van der Waals surface area contributed by atoms with E-state index in [4.69, 9.17) is 16.3 Å². The number of carbonyl (C=O) groups excluding carboxylic acids is 2. The first-order valence-electron chi connectivity index (χ1n) is 9.94. The Labute approximate surface area is 189 Å². The van der Waals surface area contributed by atoms with Crippen LogP contribution in [0.25, 0.3) is 0 Å². The summed E-state index contributed by atoms with van der Waals surface area (Å²) in [7, 11) is -3.85. The van der Waals surface area contributed by atoms with E-state index in [2.05, 4.69) is 5.32 Å². The summed E-state index contributed by atoms with van der Waals surface area (Å²) in [6.07, 6.45) is -0.727. The van der Waals surface area contributed by atoms with Gasteiger partial charge in [-0.3, -0.25) is 9.59 Å². The third-order valence-electron chi connectivity index (χ3n) is 5.52. The number of halogens is 2. The van der Waals surface area contributed by atoms with E-state index in [1.54, 1.807) is 19.9 Å². The van der Waals surface area contributed by atoms with Gasteiger partial charge in [-0.1, -0.05) is 11.6 Å². The predicted molar refractivity (Wildman–Crippen MR) is 116 cm³/mol. The minimum atomic E-state index is -3.85. The van der Waals surface area contributed by atoms with Crippen LogP contribution in [0.2, 0.25) is 5.02 Å². The Bertz CT molecular complexity index is 1210. The molecule has 170 valence electrons. The Morgan fingerprint density at radius 1 is 1.19 bits per heavy atom. The second kappa shape index (κ2) is 8.34. The minimum Gasteiger partial charge on any atom is -0.479 e. The number of aryl methyl sites for hydroxylation is 1. The van der Waals surface area contributed by atoms with Crippen molar-refractivity contribution in [2.24, 2.45) is 0 Å². The van der Waals surface area contributed by atoms with Gasteiger partial charge in [0.15, 0.2) is 6.10 Å². The van der Waals surface area contributed by atoms with Crippen molar-refractivity contribution < 1.29 is 27.1 Å². The van der Waals surface area contributed by atoms with Crippen LogP contribution in [0.5, 0.6) is 5.75 Å². The smallest absolute Gasteiger partial charge is 0.265 e. The van der Waals surface area contributed by atoms with Crippen LogP contribution < -0.4 is 10.1 Å². The van der Waals surface area contributed by atoms with Gasteiger partial charge in [-0.15, -0.1) is 0 Å². The number of fused-ring (bicyclic) bond motifs is 1. The van der Waals surface area contributed by atoms with E-state index in [0.29, 0.717) is 17.0 Å². The number of ether oxygens (including phenoxy) is 1. The Balaban J connectivity index is 1.51. The van der Waals surface area contributed by atoms with Crippen LogP contribution in [0.4, 0.5) is 10.1 Å². The van der Waals surface area contributed by atoms with Gasteiger partial charge in [-0.05, 0) is 43.7 Å². The number of anilines is 1. The van der Waals surface area contributed by atoms with Gasteiger partial charge in [0.25, 0.3) is 11.8 Å². The number of sulfonamides is 1.